The third-order valence-electron chi connectivity index (χ3n) is 5.54. The number of benzene rings is 3. The Balaban J connectivity index is 1.82. The molecule has 1 N–H and O–H groups in total. The van der Waals surface area contributed by atoms with E-state index in [1.54, 1.807) is 67.8 Å². The zero-order valence-corrected chi connectivity index (χ0v) is 17.0. The Morgan fingerprint density at radius 1 is 1.00 bits per heavy atom. The standard InChI is InChI=1S/C25H19NO5/c1-14-9-10-20-19(11-14)23(28)21-22(15-5-3-7-17(27)12-15)26(25(29)24(21)31-20)16-6-4-8-18(13-16)30-2/h3-13,22,27H,1-2H3. The number of phenolic OH excluding ortho intramolecular Hbond substituents is 1. The molecule has 1 aliphatic heterocycles. The van der Waals surface area contributed by atoms with Crippen molar-refractivity contribution in [2.24, 2.45) is 0 Å². The van der Waals surface area contributed by atoms with E-state index >= 15 is 0 Å². The van der Waals surface area contributed by atoms with Crippen LogP contribution in [0.2, 0.25) is 0 Å². The fraction of sp³-hybridized carbons (Fsp3) is 0.120. The number of hydrogen-bond donors (Lipinski definition) is 1. The van der Waals surface area contributed by atoms with Crippen molar-refractivity contribution in [2.75, 3.05) is 12.0 Å². The number of amides is 1. The molecule has 154 valence electrons. The van der Waals surface area contributed by atoms with Crippen molar-refractivity contribution >= 4 is 22.6 Å². The average Bonchev–Trinajstić information content (AvgIpc) is 3.07. The van der Waals surface area contributed by atoms with Crippen molar-refractivity contribution in [3.05, 3.63) is 99.4 Å². The Hall–Kier alpha value is -4.06. The van der Waals surface area contributed by atoms with Crippen LogP contribution >= 0.6 is 0 Å². The third-order valence-corrected chi connectivity index (χ3v) is 5.54. The van der Waals surface area contributed by atoms with Gasteiger partial charge in [0, 0.05) is 11.8 Å². The number of carbonyl (C=O) groups is 1. The third kappa shape index (κ3) is 2.95. The second-order valence-corrected chi connectivity index (χ2v) is 7.55. The second-order valence-electron chi connectivity index (χ2n) is 7.55. The molecule has 0 fully saturated rings. The van der Waals surface area contributed by atoms with E-state index in [0.717, 1.165) is 5.56 Å². The summed E-state index contributed by atoms with van der Waals surface area (Å²) in [6.45, 7) is 1.90. The second kappa shape index (κ2) is 7.02. The Bertz CT molecular complexity index is 1400. The minimum atomic E-state index is -0.747. The molecule has 0 saturated heterocycles. The van der Waals surface area contributed by atoms with E-state index in [1.165, 1.54) is 4.90 Å². The average molecular weight is 413 g/mol. The van der Waals surface area contributed by atoms with E-state index in [1.807, 2.05) is 13.0 Å². The maximum atomic E-state index is 13.6. The molecule has 0 radical (unpaired) electrons. The van der Waals surface area contributed by atoms with Crippen LogP contribution in [0.3, 0.4) is 0 Å². The predicted octanol–water partition coefficient (Wildman–Crippen LogP) is 4.57. The number of anilines is 1. The van der Waals surface area contributed by atoms with Gasteiger partial charge in [-0.25, -0.2) is 0 Å². The van der Waals surface area contributed by atoms with Crippen molar-refractivity contribution in [2.45, 2.75) is 13.0 Å². The molecular formula is C25H19NO5. The van der Waals surface area contributed by atoms with E-state index in [4.69, 9.17) is 9.15 Å². The molecule has 1 atom stereocenters. The number of rotatable bonds is 3. The number of fused-ring (bicyclic) bond motifs is 2. The molecule has 0 spiro atoms. The number of ether oxygens (including phenoxy) is 1. The highest BCUT2D eigenvalue weighted by molar-refractivity contribution is 6.10. The van der Waals surface area contributed by atoms with Crippen molar-refractivity contribution in [1.29, 1.82) is 0 Å². The van der Waals surface area contributed by atoms with Crippen molar-refractivity contribution < 1.29 is 19.1 Å². The summed E-state index contributed by atoms with van der Waals surface area (Å²) in [7, 11) is 1.55. The lowest BCUT2D eigenvalue weighted by atomic mass is 9.97. The van der Waals surface area contributed by atoms with E-state index in [9.17, 15) is 14.7 Å². The quantitative estimate of drug-likeness (QED) is 0.532. The van der Waals surface area contributed by atoms with Crippen LogP contribution in [-0.4, -0.2) is 18.1 Å². The predicted molar refractivity (Wildman–Crippen MR) is 117 cm³/mol. The summed E-state index contributed by atoms with van der Waals surface area (Å²) >= 11 is 0. The highest BCUT2D eigenvalue weighted by Crippen LogP contribution is 2.42. The highest BCUT2D eigenvalue weighted by Gasteiger charge is 2.43. The van der Waals surface area contributed by atoms with Gasteiger partial charge in [-0.05, 0) is 48.9 Å². The van der Waals surface area contributed by atoms with Crippen molar-refractivity contribution in [3.63, 3.8) is 0 Å². The summed E-state index contributed by atoms with van der Waals surface area (Å²) in [4.78, 5) is 28.6. The van der Waals surface area contributed by atoms with E-state index in [2.05, 4.69) is 0 Å². The zero-order chi connectivity index (χ0) is 21.7. The van der Waals surface area contributed by atoms with Crippen LogP contribution in [0.25, 0.3) is 11.0 Å². The first-order valence-corrected chi connectivity index (χ1v) is 9.82. The van der Waals surface area contributed by atoms with Crippen LogP contribution < -0.4 is 15.1 Å². The van der Waals surface area contributed by atoms with Gasteiger partial charge in [0.15, 0.2) is 5.43 Å². The number of aromatic hydroxyl groups is 1. The highest BCUT2D eigenvalue weighted by atomic mass is 16.5. The van der Waals surface area contributed by atoms with Gasteiger partial charge in [0.1, 0.15) is 17.1 Å². The first-order valence-electron chi connectivity index (χ1n) is 9.82. The molecule has 4 aromatic rings. The van der Waals surface area contributed by atoms with Gasteiger partial charge in [-0.2, -0.15) is 0 Å². The number of phenols is 1. The number of aryl methyl sites for hydroxylation is 1. The van der Waals surface area contributed by atoms with Crippen LogP contribution in [-0.2, 0) is 0 Å². The molecule has 2 heterocycles. The molecule has 31 heavy (non-hydrogen) atoms. The monoisotopic (exact) mass is 413 g/mol. The van der Waals surface area contributed by atoms with Crippen LogP contribution in [0, 0.1) is 6.92 Å². The van der Waals surface area contributed by atoms with Crippen molar-refractivity contribution in [3.8, 4) is 11.5 Å². The van der Waals surface area contributed by atoms with Crippen molar-refractivity contribution in [1.82, 2.24) is 0 Å². The summed E-state index contributed by atoms with van der Waals surface area (Å²) in [6, 6.07) is 18.2. The minimum absolute atomic E-state index is 0.0116. The normalized spacial score (nSPS) is 15.4. The van der Waals surface area contributed by atoms with Crippen LogP contribution in [0.4, 0.5) is 5.69 Å². The molecule has 0 saturated carbocycles. The minimum Gasteiger partial charge on any atom is -0.508 e. The summed E-state index contributed by atoms with van der Waals surface area (Å²) < 4.78 is 11.3. The first kappa shape index (κ1) is 18.9. The molecule has 1 amide bonds. The molecule has 0 bridgehead atoms. The summed E-state index contributed by atoms with van der Waals surface area (Å²) in [5.74, 6) is 0.217. The fourth-order valence-corrected chi connectivity index (χ4v) is 4.12. The van der Waals surface area contributed by atoms with Gasteiger partial charge in [0.05, 0.1) is 24.1 Å². The van der Waals surface area contributed by atoms with E-state index < -0.39 is 11.9 Å². The van der Waals surface area contributed by atoms with Crippen LogP contribution in [0.1, 0.15) is 33.3 Å². The molecule has 0 aliphatic carbocycles. The van der Waals surface area contributed by atoms with Gasteiger partial charge in [0.25, 0.3) is 5.91 Å². The molecule has 1 aliphatic rings. The maximum Gasteiger partial charge on any atom is 0.295 e. The smallest absolute Gasteiger partial charge is 0.295 e. The van der Waals surface area contributed by atoms with Gasteiger partial charge in [0.2, 0.25) is 5.76 Å². The van der Waals surface area contributed by atoms with E-state index in [-0.39, 0.29) is 22.5 Å². The molecule has 1 aromatic heterocycles. The first-order chi connectivity index (χ1) is 15.0. The molecule has 6 heteroatoms. The summed E-state index contributed by atoms with van der Waals surface area (Å²) in [6.07, 6.45) is 0. The number of hydrogen-bond acceptors (Lipinski definition) is 5. The SMILES string of the molecule is COc1cccc(N2C(=O)c3oc4ccc(C)cc4c(=O)c3C2c2cccc(O)c2)c1. The number of nitrogens with zero attached hydrogens (tertiary/aromatic N) is 1. The number of carbonyl (C=O) groups excluding carboxylic acids is 1. The van der Waals surface area contributed by atoms with Gasteiger partial charge in [-0.1, -0.05) is 29.8 Å². The topological polar surface area (TPSA) is 80.0 Å². The Kier molecular flexibility index (Phi) is 4.29. The zero-order valence-electron chi connectivity index (χ0n) is 17.0. The maximum absolute atomic E-state index is 13.6. The number of methoxy groups -OCH3 is 1. The largest absolute Gasteiger partial charge is 0.508 e. The molecule has 1 unspecified atom stereocenters. The Morgan fingerprint density at radius 2 is 1.81 bits per heavy atom. The molecule has 3 aromatic carbocycles. The lowest BCUT2D eigenvalue weighted by molar-refractivity contribution is 0.0971. The van der Waals surface area contributed by atoms with Gasteiger partial charge >= 0.3 is 0 Å². The Labute approximate surface area is 177 Å². The molecule has 6 nitrogen and oxygen atoms in total. The lowest BCUT2D eigenvalue weighted by Crippen LogP contribution is -2.29. The van der Waals surface area contributed by atoms with Gasteiger partial charge < -0.3 is 14.3 Å². The van der Waals surface area contributed by atoms with Gasteiger partial charge in [-0.3, -0.25) is 14.5 Å². The van der Waals surface area contributed by atoms with Crippen LogP contribution in [0.15, 0.2) is 75.9 Å². The Morgan fingerprint density at radius 3 is 2.58 bits per heavy atom. The van der Waals surface area contributed by atoms with Crippen LogP contribution in [0.5, 0.6) is 11.5 Å². The molecule has 5 rings (SSSR count). The van der Waals surface area contributed by atoms with Gasteiger partial charge in [-0.15, -0.1) is 0 Å². The van der Waals surface area contributed by atoms with E-state index in [0.29, 0.717) is 28.0 Å². The summed E-state index contributed by atoms with van der Waals surface area (Å²) in [5, 5.41) is 10.5. The lowest BCUT2D eigenvalue weighted by Gasteiger charge is -2.25. The summed E-state index contributed by atoms with van der Waals surface area (Å²) in [5.41, 5.74) is 2.45. The molecular weight excluding hydrogens is 394 g/mol. The fourth-order valence-electron chi connectivity index (χ4n) is 4.12.